The summed E-state index contributed by atoms with van der Waals surface area (Å²) >= 11 is 0. The van der Waals surface area contributed by atoms with Crippen LogP contribution >= 0.6 is 0 Å². The van der Waals surface area contributed by atoms with E-state index in [-0.39, 0.29) is 0 Å². The highest BCUT2D eigenvalue weighted by Crippen LogP contribution is 2.37. The van der Waals surface area contributed by atoms with Gasteiger partial charge in [0, 0.05) is 12.6 Å². The predicted octanol–water partition coefficient (Wildman–Crippen LogP) is 4.31. The van der Waals surface area contributed by atoms with Crippen molar-refractivity contribution in [3.8, 4) is 0 Å². The number of hydrogen-bond donors (Lipinski definition) is 1. The van der Waals surface area contributed by atoms with Crippen LogP contribution in [0.15, 0.2) is 30.3 Å². The Bertz CT molecular complexity index is 325. The van der Waals surface area contributed by atoms with Crippen LogP contribution in [0.2, 0.25) is 0 Å². The molecule has 94 valence electrons. The first kappa shape index (κ1) is 12.6. The van der Waals surface area contributed by atoms with Gasteiger partial charge in [-0.25, -0.2) is 0 Å². The van der Waals surface area contributed by atoms with Gasteiger partial charge in [0.25, 0.3) is 0 Å². The summed E-state index contributed by atoms with van der Waals surface area (Å²) in [4.78, 5) is 0. The Morgan fingerprint density at radius 3 is 2.41 bits per heavy atom. The molecule has 1 atom stereocenters. The second-order valence-corrected chi connectivity index (χ2v) is 5.77. The van der Waals surface area contributed by atoms with Gasteiger partial charge in [0.05, 0.1) is 0 Å². The molecule has 0 heterocycles. The molecular formula is C16H25N. The Labute approximate surface area is 106 Å². The monoisotopic (exact) mass is 231 g/mol. The van der Waals surface area contributed by atoms with E-state index in [0.717, 1.165) is 0 Å². The maximum Gasteiger partial charge on any atom is 0.0317 e. The van der Waals surface area contributed by atoms with E-state index in [1.807, 2.05) is 0 Å². The van der Waals surface area contributed by atoms with Crippen LogP contribution in [-0.2, 0) is 0 Å². The Kier molecular flexibility index (Phi) is 4.22. The molecule has 1 saturated carbocycles. The Morgan fingerprint density at radius 2 is 1.82 bits per heavy atom. The molecule has 0 saturated heterocycles. The smallest absolute Gasteiger partial charge is 0.0317 e. The summed E-state index contributed by atoms with van der Waals surface area (Å²) in [5, 5.41) is 3.77. The minimum absolute atomic E-state index is 0.522. The molecule has 1 N–H and O–H groups in total. The number of benzene rings is 1. The molecule has 0 spiro atoms. The van der Waals surface area contributed by atoms with Crippen LogP contribution in [0.3, 0.4) is 0 Å². The minimum atomic E-state index is 0.522. The first-order valence-electron chi connectivity index (χ1n) is 7.02. The third-order valence-corrected chi connectivity index (χ3v) is 4.20. The second-order valence-electron chi connectivity index (χ2n) is 5.77. The van der Waals surface area contributed by atoms with E-state index in [2.05, 4.69) is 49.5 Å². The third kappa shape index (κ3) is 3.32. The van der Waals surface area contributed by atoms with Crippen molar-refractivity contribution in [1.29, 1.82) is 0 Å². The van der Waals surface area contributed by atoms with Crippen molar-refractivity contribution in [2.45, 2.75) is 52.0 Å². The lowest BCUT2D eigenvalue weighted by molar-refractivity contribution is 0.295. The van der Waals surface area contributed by atoms with Crippen molar-refractivity contribution in [2.75, 3.05) is 6.54 Å². The zero-order chi connectivity index (χ0) is 12.1. The van der Waals surface area contributed by atoms with E-state index in [9.17, 15) is 0 Å². The average Bonchev–Trinajstić information content (AvgIpc) is 2.79. The van der Waals surface area contributed by atoms with Crippen molar-refractivity contribution < 1.29 is 0 Å². The van der Waals surface area contributed by atoms with Gasteiger partial charge in [0.1, 0.15) is 0 Å². The van der Waals surface area contributed by atoms with Crippen molar-refractivity contribution in [3.63, 3.8) is 0 Å². The SMILES string of the molecule is CCC(NCC1(C)CCCC1)c1ccccc1. The van der Waals surface area contributed by atoms with Crippen LogP contribution in [0.5, 0.6) is 0 Å². The zero-order valence-corrected chi connectivity index (χ0v) is 11.2. The molecule has 1 aromatic rings. The molecule has 0 bridgehead atoms. The van der Waals surface area contributed by atoms with Gasteiger partial charge in [-0.1, -0.05) is 57.0 Å². The quantitative estimate of drug-likeness (QED) is 0.796. The van der Waals surface area contributed by atoms with E-state index in [1.54, 1.807) is 0 Å². The van der Waals surface area contributed by atoms with Gasteiger partial charge in [-0.3, -0.25) is 0 Å². The van der Waals surface area contributed by atoms with Crippen molar-refractivity contribution in [2.24, 2.45) is 5.41 Å². The van der Waals surface area contributed by atoms with Crippen LogP contribution < -0.4 is 5.32 Å². The number of nitrogens with one attached hydrogen (secondary N) is 1. The molecule has 1 heteroatoms. The third-order valence-electron chi connectivity index (χ3n) is 4.20. The molecule has 1 fully saturated rings. The largest absolute Gasteiger partial charge is 0.309 e. The van der Waals surface area contributed by atoms with Gasteiger partial charge in [0.2, 0.25) is 0 Å². The van der Waals surface area contributed by atoms with E-state index >= 15 is 0 Å². The first-order valence-corrected chi connectivity index (χ1v) is 7.02. The lowest BCUT2D eigenvalue weighted by Crippen LogP contribution is -2.32. The molecule has 1 aliphatic rings. The topological polar surface area (TPSA) is 12.0 Å². The standard InChI is InChI=1S/C16H25N/c1-3-15(14-9-5-4-6-10-14)17-13-16(2)11-7-8-12-16/h4-6,9-10,15,17H,3,7-8,11-13H2,1-2H3. The van der Waals surface area contributed by atoms with Crippen molar-refractivity contribution >= 4 is 0 Å². The maximum atomic E-state index is 3.77. The number of hydrogen-bond acceptors (Lipinski definition) is 1. The molecular weight excluding hydrogens is 206 g/mol. The summed E-state index contributed by atoms with van der Waals surface area (Å²) in [5.41, 5.74) is 1.97. The average molecular weight is 231 g/mol. The van der Waals surface area contributed by atoms with E-state index < -0.39 is 0 Å². The van der Waals surface area contributed by atoms with Gasteiger partial charge in [-0.15, -0.1) is 0 Å². The fourth-order valence-corrected chi connectivity index (χ4v) is 2.96. The van der Waals surface area contributed by atoms with Crippen LogP contribution in [0.1, 0.15) is 57.6 Å². The molecule has 17 heavy (non-hydrogen) atoms. The Hall–Kier alpha value is -0.820. The zero-order valence-electron chi connectivity index (χ0n) is 11.2. The molecule has 1 unspecified atom stereocenters. The van der Waals surface area contributed by atoms with Crippen LogP contribution in [0, 0.1) is 5.41 Å². The van der Waals surface area contributed by atoms with Gasteiger partial charge >= 0.3 is 0 Å². The summed E-state index contributed by atoms with van der Waals surface area (Å²) in [7, 11) is 0. The van der Waals surface area contributed by atoms with Gasteiger partial charge in [-0.05, 0) is 30.2 Å². The highest BCUT2D eigenvalue weighted by molar-refractivity contribution is 5.18. The molecule has 0 aromatic heterocycles. The minimum Gasteiger partial charge on any atom is -0.309 e. The summed E-state index contributed by atoms with van der Waals surface area (Å²) in [6.45, 7) is 5.87. The Morgan fingerprint density at radius 1 is 1.18 bits per heavy atom. The number of rotatable bonds is 5. The highest BCUT2D eigenvalue weighted by atomic mass is 14.9. The second kappa shape index (κ2) is 5.68. The van der Waals surface area contributed by atoms with Gasteiger partial charge in [-0.2, -0.15) is 0 Å². The fourth-order valence-electron chi connectivity index (χ4n) is 2.96. The highest BCUT2D eigenvalue weighted by Gasteiger charge is 2.28. The van der Waals surface area contributed by atoms with Crippen molar-refractivity contribution in [3.05, 3.63) is 35.9 Å². The van der Waals surface area contributed by atoms with Crippen LogP contribution in [0.4, 0.5) is 0 Å². The molecule has 0 amide bonds. The molecule has 1 aliphatic carbocycles. The van der Waals surface area contributed by atoms with Crippen molar-refractivity contribution in [1.82, 2.24) is 5.32 Å². The van der Waals surface area contributed by atoms with E-state index in [4.69, 9.17) is 0 Å². The first-order chi connectivity index (χ1) is 8.23. The Balaban J connectivity index is 1.92. The summed E-state index contributed by atoms with van der Waals surface area (Å²) in [6, 6.07) is 11.4. The maximum absolute atomic E-state index is 3.77. The molecule has 1 aromatic carbocycles. The van der Waals surface area contributed by atoms with Crippen LogP contribution in [-0.4, -0.2) is 6.54 Å². The molecule has 1 nitrogen and oxygen atoms in total. The summed E-state index contributed by atoms with van der Waals surface area (Å²) < 4.78 is 0. The van der Waals surface area contributed by atoms with E-state index in [0.29, 0.717) is 11.5 Å². The summed E-state index contributed by atoms with van der Waals surface area (Å²) in [5.74, 6) is 0. The summed E-state index contributed by atoms with van der Waals surface area (Å²) in [6.07, 6.45) is 6.79. The van der Waals surface area contributed by atoms with Crippen LogP contribution in [0.25, 0.3) is 0 Å². The van der Waals surface area contributed by atoms with Gasteiger partial charge in [0.15, 0.2) is 0 Å². The lowest BCUT2D eigenvalue weighted by Gasteiger charge is -2.27. The van der Waals surface area contributed by atoms with E-state index in [1.165, 1.54) is 44.2 Å². The molecule has 0 radical (unpaired) electrons. The predicted molar refractivity (Wildman–Crippen MR) is 74.1 cm³/mol. The lowest BCUT2D eigenvalue weighted by atomic mass is 9.88. The normalized spacial score (nSPS) is 20.4. The fraction of sp³-hybridized carbons (Fsp3) is 0.625. The molecule has 0 aliphatic heterocycles. The molecule has 2 rings (SSSR count). The van der Waals surface area contributed by atoms with Gasteiger partial charge < -0.3 is 5.32 Å².